The summed E-state index contributed by atoms with van der Waals surface area (Å²) in [4.78, 5) is 29.1. The first-order valence-corrected chi connectivity index (χ1v) is 9.80. The quantitative estimate of drug-likeness (QED) is 0.819. The Bertz CT molecular complexity index is 828. The second-order valence-corrected chi connectivity index (χ2v) is 7.68. The van der Waals surface area contributed by atoms with Crippen molar-refractivity contribution in [2.45, 2.75) is 43.7 Å². The van der Waals surface area contributed by atoms with Gasteiger partial charge in [-0.25, -0.2) is 4.79 Å². The van der Waals surface area contributed by atoms with Gasteiger partial charge >= 0.3 is 5.63 Å². The fourth-order valence-electron chi connectivity index (χ4n) is 4.76. The second-order valence-electron chi connectivity index (χ2n) is 7.68. The number of likely N-dealkylation sites (N-methyl/N-ethyl adjacent to an activating group) is 1. The van der Waals surface area contributed by atoms with Crippen LogP contribution in [-0.4, -0.2) is 47.9 Å². The van der Waals surface area contributed by atoms with Crippen LogP contribution < -0.4 is 5.63 Å². The van der Waals surface area contributed by atoms with Gasteiger partial charge < -0.3 is 14.2 Å². The van der Waals surface area contributed by atoms with Crippen LogP contribution in [0.25, 0.3) is 0 Å². The van der Waals surface area contributed by atoms with Gasteiger partial charge in [-0.2, -0.15) is 0 Å². The molecule has 1 amide bonds. The Morgan fingerprint density at radius 2 is 1.85 bits per heavy atom. The van der Waals surface area contributed by atoms with E-state index in [1.807, 2.05) is 11.0 Å². The number of hydrogen-bond donors (Lipinski definition) is 0. The summed E-state index contributed by atoms with van der Waals surface area (Å²) in [5, 5.41) is 0. The van der Waals surface area contributed by atoms with Crippen molar-refractivity contribution in [2.75, 3.05) is 20.1 Å². The molecule has 1 aromatic carbocycles. The molecular formula is C22H26N2O3. The van der Waals surface area contributed by atoms with Crippen molar-refractivity contribution in [1.82, 2.24) is 9.80 Å². The lowest BCUT2D eigenvalue weighted by atomic mass is 9.79. The summed E-state index contributed by atoms with van der Waals surface area (Å²) in [7, 11) is 2.18. The maximum absolute atomic E-state index is 13.3. The lowest BCUT2D eigenvalue weighted by Gasteiger charge is -2.48. The zero-order chi connectivity index (χ0) is 18.8. The van der Waals surface area contributed by atoms with Gasteiger partial charge in [0.05, 0.1) is 11.6 Å². The molecule has 0 N–H and O–H groups in total. The highest BCUT2D eigenvalue weighted by atomic mass is 16.4. The number of carbonyl (C=O) groups excluding carboxylic acids is 1. The van der Waals surface area contributed by atoms with Gasteiger partial charge in [0.1, 0.15) is 6.26 Å². The number of fused-ring (bicyclic) bond motifs is 1. The number of benzene rings is 1. The number of amides is 1. The van der Waals surface area contributed by atoms with E-state index < -0.39 is 5.63 Å². The number of likely N-dealkylation sites (tertiary alicyclic amines) is 2. The van der Waals surface area contributed by atoms with Gasteiger partial charge in [0.25, 0.3) is 5.91 Å². The van der Waals surface area contributed by atoms with Crippen molar-refractivity contribution in [1.29, 1.82) is 0 Å². The van der Waals surface area contributed by atoms with Crippen molar-refractivity contribution >= 4 is 5.91 Å². The van der Waals surface area contributed by atoms with Crippen LogP contribution in [-0.2, 0) is 0 Å². The van der Waals surface area contributed by atoms with E-state index in [0.29, 0.717) is 17.5 Å². The van der Waals surface area contributed by atoms with Crippen LogP contribution in [0.5, 0.6) is 0 Å². The third-order valence-corrected chi connectivity index (χ3v) is 6.11. The molecule has 5 heteroatoms. The van der Waals surface area contributed by atoms with E-state index in [1.54, 1.807) is 6.07 Å². The van der Waals surface area contributed by atoms with E-state index in [0.717, 1.165) is 38.8 Å². The van der Waals surface area contributed by atoms with Gasteiger partial charge in [0.2, 0.25) is 0 Å². The highest BCUT2D eigenvalue weighted by molar-refractivity contribution is 5.94. The van der Waals surface area contributed by atoms with Crippen molar-refractivity contribution < 1.29 is 9.21 Å². The molecule has 0 saturated carbocycles. The summed E-state index contributed by atoms with van der Waals surface area (Å²) in [6.45, 7) is 1.79. The maximum atomic E-state index is 13.3. The molecule has 0 aliphatic carbocycles. The van der Waals surface area contributed by atoms with Crippen LogP contribution in [0.15, 0.2) is 57.9 Å². The summed E-state index contributed by atoms with van der Waals surface area (Å²) in [6, 6.07) is 14.0. The Morgan fingerprint density at radius 3 is 2.59 bits per heavy atom. The Morgan fingerprint density at radius 1 is 1.04 bits per heavy atom. The van der Waals surface area contributed by atoms with Gasteiger partial charge in [-0.05, 0) is 44.5 Å². The lowest BCUT2D eigenvalue weighted by molar-refractivity contribution is 0.0344. The van der Waals surface area contributed by atoms with Crippen LogP contribution >= 0.6 is 0 Å². The molecule has 4 rings (SSSR count). The smallest absolute Gasteiger partial charge is 0.335 e. The van der Waals surface area contributed by atoms with Crippen molar-refractivity contribution in [3.8, 4) is 0 Å². The molecule has 1 aromatic heterocycles. The van der Waals surface area contributed by atoms with E-state index in [4.69, 9.17) is 4.42 Å². The molecule has 5 nitrogen and oxygen atoms in total. The summed E-state index contributed by atoms with van der Waals surface area (Å²) in [6.07, 6.45) is 5.58. The average molecular weight is 366 g/mol. The second kappa shape index (κ2) is 7.69. The first-order valence-electron chi connectivity index (χ1n) is 9.80. The molecule has 2 fully saturated rings. The van der Waals surface area contributed by atoms with E-state index >= 15 is 0 Å². The number of carbonyl (C=O) groups is 1. The fourth-order valence-corrected chi connectivity index (χ4v) is 4.76. The number of nitrogens with zero attached hydrogens (tertiary/aromatic N) is 2. The number of rotatable bonds is 2. The Kier molecular flexibility index (Phi) is 5.12. The SMILES string of the molecule is CN1CC[C@H](c2ccccc2)[C@@H]2[C@H]1CCCCN2C(=O)c1ccc(=O)oc1. The molecule has 2 aliphatic heterocycles. The molecule has 2 aromatic rings. The van der Waals surface area contributed by atoms with Gasteiger partial charge in [-0.3, -0.25) is 4.79 Å². The normalized spacial score (nSPS) is 26.3. The Balaban J connectivity index is 1.73. The zero-order valence-corrected chi connectivity index (χ0v) is 15.7. The minimum absolute atomic E-state index is 0.0353. The lowest BCUT2D eigenvalue weighted by Crippen LogP contribution is -2.58. The minimum Gasteiger partial charge on any atom is -0.430 e. The average Bonchev–Trinajstić information content (AvgIpc) is 2.93. The molecular weight excluding hydrogens is 340 g/mol. The monoisotopic (exact) mass is 366 g/mol. The van der Waals surface area contributed by atoms with E-state index in [-0.39, 0.29) is 11.9 Å². The standard InChI is InChI=1S/C22H26N2O3/c1-23-14-12-18(16-7-3-2-4-8-16)21-19(23)9-5-6-13-24(21)22(26)17-10-11-20(25)27-15-17/h2-4,7-8,10-11,15,18-19,21H,5-6,9,12-14H2,1H3/t18-,19-,21-/m1/s1. The van der Waals surface area contributed by atoms with Gasteiger partial charge in [0, 0.05) is 24.6 Å². The highest BCUT2D eigenvalue weighted by Gasteiger charge is 2.43. The summed E-state index contributed by atoms with van der Waals surface area (Å²) >= 11 is 0. The highest BCUT2D eigenvalue weighted by Crippen LogP contribution is 2.38. The van der Waals surface area contributed by atoms with Crippen molar-refractivity contribution in [3.05, 3.63) is 70.3 Å². The van der Waals surface area contributed by atoms with E-state index in [1.165, 1.54) is 17.9 Å². The van der Waals surface area contributed by atoms with Crippen LogP contribution in [0.2, 0.25) is 0 Å². The molecule has 27 heavy (non-hydrogen) atoms. The van der Waals surface area contributed by atoms with Gasteiger partial charge in [0.15, 0.2) is 0 Å². The summed E-state index contributed by atoms with van der Waals surface area (Å²) in [5.41, 5.74) is 1.33. The molecule has 0 bridgehead atoms. The van der Waals surface area contributed by atoms with Crippen LogP contribution in [0.1, 0.15) is 47.5 Å². The molecule has 2 saturated heterocycles. The molecule has 0 spiro atoms. The third-order valence-electron chi connectivity index (χ3n) is 6.11. The molecule has 0 unspecified atom stereocenters. The third kappa shape index (κ3) is 3.56. The van der Waals surface area contributed by atoms with Crippen molar-refractivity contribution in [3.63, 3.8) is 0 Å². The molecule has 3 atom stereocenters. The zero-order valence-electron chi connectivity index (χ0n) is 15.7. The first-order chi connectivity index (χ1) is 13.1. The van der Waals surface area contributed by atoms with Gasteiger partial charge in [-0.1, -0.05) is 36.8 Å². The largest absolute Gasteiger partial charge is 0.430 e. The fraction of sp³-hybridized carbons (Fsp3) is 0.455. The van der Waals surface area contributed by atoms with Crippen molar-refractivity contribution in [2.24, 2.45) is 0 Å². The maximum Gasteiger partial charge on any atom is 0.335 e. The summed E-state index contributed by atoms with van der Waals surface area (Å²) in [5.74, 6) is 0.289. The number of hydrogen-bond acceptors (Lipinski definition) is 4. The topological polar surface area (TPSA) is 53.8 Å². The predicted molar refractivity (Wildman–Crippen MR) is 104 cm³/mol. The predicted octanol–water partition coefficient (Wildman–Crippen LogP) is 3.12. The van der Waals surface area contributed by atoms with Crippen LogP contribution in [0, 0.1) is 0 Å². The molecule has 142 valence electrons. The number of piperidine rings is 1. The Hall–Kier alpha value is -2.40. The van der Waals surface area contributed by atoms with Crippen LogP contribution in [0.4, 0.5) is 0 Å². The van der Waals surface area contributed by atoms with Gasteiger partial charge in [-0.15, -0.1) is 0 Å². The minimum atomic E-state index is -0.431. The molecule has 3 heterocycles. The molecule has 2 aliphatic rings. The first kappa shape index (κ1) is 18.0. The van der Waals surface area contributed by atoms with E-state index in [2.05, 4.69) is 36.2 Å². The summed E-state index contributed by atoms with van der Waals surface area (Å²) < 4.78 is 4.96. The Labute approximate surface area is 159 Å². The van der Waals surface area contributed by atoms with Crippen LogP contribution in [0.3, 0.4) is 0 Å². The molecule has 0 radical (unpaired) electrons. The van der Waals surface area contributed by atoms with E-state index in [9.17, 15) is 9.59 Å².